The van der Waals surface area contributed by atoms with E-state index in [1.807, 2.05) is 17.4 Å². The quantitative estimate of drug-likeness (QED) is 0.734. The average Bonchev–Trinajstić information content (AvgIpc) is 2.67. The molecule has 0 aliphatic carbocycles. The first-order valence-electron chi connectivity index (χ1n) is 4.96. The third-order valence-corrected chi connectivity index (χ3v) is 3.64. The van der Waals surface area contributed by atoms with Crippen LogP contribution in [-0.2, 0) is 5.41 Å². The molecule has 1 N–H and O–H groups in total. The van der Waals surface area contributed by atoms with Gasteiger partial charge in [-0.05, 0) is 18.4 Å². The van der Waals surface area contributed by atoms with E-state index in [9.17, 15) is 0 Å². The van der Waals surface area contributed by atoms with E-state index >= 15 is 0 Å². The molecular formula is C12H19NS. The smallest absolute Gasteiger partial charge is 0.0219 e. The summed E-state index contributed by atoms with van der Waals surface area (Å²) in [5.74, 6) is 0. The Kier molecular flexibility index (Phi) is 3.90. The zero-order valence-corrected chi connectivity index (χ0v) is 10.0. The maximum Gasteiger partial charge on any atom is 0.0219 e. The Morgan fingerprint density at radius 1 is 1.64 bits per heavy atom. The van der Waals surface area contributed by atoms with Crippen LogP contribution in [0, 0.1) is 0 Å². The fourth-order valence-electron chi connectivity index (χ4n) is 1.25. The molecule has 1 rings (SSSR count). The zero-order valence-electron chi connectivity index (χ0n) is 9.21. The van der Waals surface area contributed by atoms with E-state index in [0.717, 1.165) is 6.54 Å². The van der Waals surface area contributed by atoms with Gasteiger partial charge in [-0.1, -0.05) is 26.0 Å². The first-order valence-corrected chi connectivity index (χ1v) is 5.84. The Morgan fingerprint density at radius 2 is 2.36 bits per heavy atom. The van der Waals surface area contributed by atoms with Crippen LogP contribution < -0.4 is 5.32 Å². The van der Waals surface area contributed by atoms with Crippen LogP contribution in [0.4, 0.5) is 0 Å². The number of hydrogen-bond donors (Lipinski definition) is 1. The highest BCUT2D eigenvalue weighted by Crippen LogP contribution is 2.26. The predicted octanol–water partition coefficient (Wildman–Crippen LogP) is 3.19. The molecule has 1 aromatic heterocycles. The topological polar surface area (TPSA) is 12.0 Å². The van der Waals surface area contributed by atoms with Crippen molar-refractivity contribution >= 4 is 11.3 Å². The third-order valence-electron chi connectivity index (χ3n) is 2.41. The fraction of sp³-hybridized carbons (Fsp3) is 0.500. The summed E-state index contributed by atoms with van der Waals surface area (Å²) in [6, 6.07) is 4.69. The van der Waals surface area contributed by atoms with E-state index in [1.165, 1.54) is 4.88 Å². The molecule has 0 aliphatic heterocycles. The van der Waals surface area contributed by atoms with Gasteiger partial charge in [0.05, 0.1) is 0 Å². The van der Waals surface area contributed by atoms with Crippen LogP contribution in [0.15, 0.2) is 30.2 Å². The van der Waals surface area contributed by atoms with Gasteiger partial charge in [-0.3, -0.25) is 0 Å². The summed E-state index contributed by atoms with van der Waals surface area (Å²) in [6.45, 7) is 11.4. The molecule has 0 spiro atoms. The number of rotatable bonds is 5. The second kappa shape index (κ2) is 4.76. The molecule has 0 bridgehead atoms. The predicted molar refractivity (Wildman–Crippen MR) is 65.0 cm³/mol. The molecule has 1 heterocycles. The molecule has 0 saturated carbocycles. The van der Waals surface area contributed by atoms with Gasteiger partial charge >= 0.3 is 0 Å². The minimum Gasteiger partial charge on any atom is -0.310 e. The monoisotopic (exact) mass is 209 g/mol. The average molecular weight is 209 g/mol. The van der Waals surface area contributed by atoms with Crippen molar-refractivity contribution in [1.29, 1.82) is 0 Å². The molecule has 0 fully saturated rings. The van der Waals surface area contributed by atoms with Gasteiger partial charge in [0.1, 0.15) is 0 Å². The maximum absolute atomic E-state index is 3.76. The van der Waals surface area contributed by atoms with Crippen LogP contribution >= 0.6 is 11.3 Å². The summed E-state index contributed by atoms with van der Waals surface area (Å²) in [5.41, 5.74) is 0.214. The molecule has 0 aliphatic rings. The zero-order chi connectivity index (χ0) is 10.6. The Morgan fingerprint density at radius 3 is 2.86 bits per heavy atom. The second-order valence-electron chi connectivity index (χ2n) is 4.27. The van der Waals surface area contributed by atoms with Gasteiger partial charge < -0.3 is 5.32 Å². The summed E-state index contributed by atoms with van der Waals surface area (Å²) >= 11 is 1.82. The lowest BCUT2D eigenvalue weighted by Gasteiger charge is -2.25. The van der Waals surface area contributed by atoms with Crippen molar-refractivity contribution < 1.29 is 0 Å². The van der Waals surface area contributed by atoms with Gasteiger partial charge in [0.15, 0.2) is 0 Å². The lowest BCUT2D eigenvalue weighted by Crippen LogP contribution is -2.36. The van der Waals surface area contributed by atoms with Gasteiger partial charge in [-0.25, -0.2) is 0 Å². The summed E-state index contributed by atoms with van der Waals surface area (Å²) in [7, 11) is 0. The van der Waals surface area contributed by atoms with E-state index < -0.39 is 0 Å². The van der Waals surface area contributed by atoms with Crippen molar-refractivity contribution in [2.24, 2.45) is 0 Å². The van der Waals surface area contributed by atoms with Gasteiger partial charge in [0, 0.05) is 22.9 Å². The van der Waals surface area contributed by atoms with Crippen molar-refractivity contribution in [2.45, 2.75) is 32.2 Å². The van der Waals surface area contributed by atoms with Gasteiger partial charge in [-0.2, -0.15) is 0 Å². The molecule has 1 aromatic rings. The van der Waals surface area contributed by atoms with Gasteiger partial charge in [0.2, 0.25) is 0 Å². The van der Waals surface area contributed by atoms with Crippen LogP contribution in [0.2, 0.25) is 0 Å². The third kappa shape index (κ3) is 2.96. The molecule has 0 aromatic carbocycles. The molecule has 2 heteroatoms. The minimum atomic E-state index is 0.214. The lowest BCUT2D eigenvalue weighted by atomic mass is 9.91. The molecule has 0 saturated heterocycles. The number of hydrogen-bond acceptors (Lipinski definition) is 2. The Labute approximate surface area is 90.9 Å². The van der Waals surface area contributed by atoms with Gasteiger partial charge in [-0.15, -0.1) is 17.9 Å². The van der Waals surface area contributed by atoms with E-state index in [0.29, 0.717) is 6.04 Å². The molecule has 0 amide bonds. The van der Waals surface area contributed by atoms with Crippen LogP contribution in [-0.4, -0.2) is 12.6 Å². The summed E-state index contributed by atoms with van der Waals surface area (Å²) in [6.07, 6.45) is 1.94. The first kappa shape index (κ1) is 11.5. The van der Waals surface area contributed by atoms with Gasteiger partial charge in [0.25, 0.3) is 0 Å². The van der Waals surface area contributed by atoms with Crippen LogP contribution in [0.5, 0.6) is 0 Å². The largest absolute Gasteiger partial charge is 0.310 e. The fourth-order valence-corrected chi connectivity index (χ4v) is 2.10. The van der Waals surface area contributed by atoms with Crippen molar-refractivity contribution in [3.63, 3.8) is 0 Å². The van der Waals surface area contributed by atoms with Crippen LogP contribution in [0.25, 0.3) is 0 Å². The van der Waals surface area contributed by atoms with Crippen molar-refractivity contribution in [3.8, 4) is 0 Å². The Balaban J connectivity index is 2.54. The maximum atomic E-state index is 3.76. The number of thiophene rings is 1. The van der Waals surface area contributed by atoms with E-state index in [2.05, 4.69) is 50.2 Å². The SMILES string of the molecule is C=CC(C)NCC(C)(C)c1cccs1. The lowest BCUT2D eigenvalue weighted by molar-refractivity contribution is 0.462. The Bertz CT molecular complexity index is 275. The molecular weight excluding hydrogens is 190 g/mol. The summed E-state index contributed by atoms with van der Waals surface area (Å²) < 4.78 is 0. The standard InChI is InChI=1S/C12H19NS/c1-5-10(2)13-9-12(3,4)11-7-6-8-14-11/h5-8,10,13H,1,9H2,2-4H3. The van der Waals surface area contributed by atoms with Crippen molar-refractivity contribution in [3.05, 3.63) is 35.0 Å². The van der Waals surface area contributed by atoms with E-state index in [1.54, 1.807) is 0 Å². The van der Waals surface area contributed by atoms with Crippen LogP contribution in [0.1, 0.15) is 25.6 Å². The van der Waals surface area contributed by atoms with Crippen molar-refractivity contribution in [2.75, 3.05) is 6.54 Å². The first-order chi connectivity index (χ1) is 6.56. The molecule has 78 valence electrons. The molecule has 14 heavy (non-hydrogen) atoms. The van der Waals surface area contributed by atoms with Crippen molar-refractivity contribution in [1.82, 2.24) is 5.32 Å². The highest BCUT2D eigenvalue weighted by atomic mass is 32.1. The highest BCUT2D eigenvalue weighted by Gasteiger charge is 2.21. The summed E-state index contributed by atoms with van der Waals surface area (Å²) in [4.78, 5) is 1.43. The molecule has 1 atom stereocenters. The molecule has 1 unspecified atom stereocenters. The molecule has 1 nitrogen and oxygen atoms in total. The van der Waals surface area contributed by atoms with Crippen LogP contribution in [0.3, 0.4) is 0 Å². The highest BCUT2D eigenvalue weighted by molar-refractivity contribution is 7.10. The molecule has 0 radical (unpaired) electrons. The number of nitrogens with one attached hydrogen (secondary N) is 1. The minimum absolute atomic E-state index is 0.214. The van der Waals surface area contributed by atoms with E-state index in [-0.39, 0.29) is 5.41 Å². The normalized spacial score (nSPS) is 13.9. The summed E-state index contributed by atoms with van der Waals surface area (Å²) in [5, 5.41) is 5.58. The Hall–Kier alpha value is -0.600. The second-order valence-corrected chi connectivity index (χ2v) is 5.21. The van der Waals surface area contributed by atoms with E-state index in [4.69, 9.17) is 0 Å².